The highest BCUT2D eigenvalue weighted by Crippen LogP contribution is 2.19. The summed E-state index contributed by atoms with van der Waals surface area (Å²) in [5, 5.41) is 2.98. The number of carbonyl (C=O) groups excluding carboxylic acids is 1. The Hall–Kier alpha value is -0.660. The Bertz CT molecular complexity index is 450. The largest absolute Gasteiger partial charge is 0.330 e. The minimum absolute atomic E-state index is 0.0657. The lowest BCUT2D eigenvalue weighted by Crippen LogP contribution is -2.44. The van der Waals surface area contributed by atoms with Crippen LogP contribution in [0, 0.1) is 3.57 Å². The molecule has 0 aliphatic carbocycles. The van der Waals surface area contributed by atoms with Gasteiger partial charge >= 0.3 is 0 Å². The van der Waals surface area contributed by atoms with Gasteiger partial charge in [0.05, 0.1) is 6.54 Å². The molecular weight excluding hydrogens is 365 g/mol. The van der Waals surface area contributed by atoms with E-state index in [2.05, 4.69) is 32.8 Å². The number of likely N-dealkylation sites (tertiary alicyclic amines) is 1. The number of carbonyl (C=O) groups is 1. The van der Waals surface area contributed by atoms with Gasteiger partial charge in [-0.2, -0.15) is 0 Å². The summed E-state index contributed by atoms with van der Waals surface area (Å²) in [5.74, 6) is 0.0657. The highest BCUT2D eigenvalue weighted by atomic mass is 127. The Morgan fingerprint density at radius 3 is 3.05 bits per heavy atom. The molecule has 1 aromatic rings. The van der Waals surface area contributed by atoms with Crippen LogP contribution in [0.3, 0.4) is 0 Å². The second kappa shape index (κ2) is 7.95. The van der Waals surface area contributed by atoms with Crippen molar-refractivity contribution in [3.8, 4) is 0 Å². The number of hydrogen-bond donors (Lipinski definition) is 2. The average molecular weight is 387 g/mol. The molecular formula is C15H22IN3O. The number of amides is 1. The first-order valence-electron chi connectivity index (χ1n) is 7.18. The fourth-order valence-corrected chi connectivity index (χ4v) is 3.28. The van der Waals surface area contributed by atoms with Crippen LogP contribution in [0.15, 0.2) is 24.3 Å². The van der Waals surface area contributed by atoms with E-state index in [0.717, 1.165) is 28.6 Å². The van der Waals surface area contributed by atoms with Crippen LogP contribution in [-0.4, -0.2) is 36.5 Å². The molecule has 20 heavy (non-hydrogen) atoms. The lowest BCUT2D eigenvalue weighted by molar-refractivity contribution is -0.118. The van der Waals surface area contributed by atoms with Gasteiger partial charge in [-0.05, 0) is 73.1 Å². The molecule has 3 N–H and O–H groups in total. The molecule has 1 amide bonds. The van der Waals surface area contributed by atoms with Gasteiger partial charge in [0.1, 0.15) is 0 Å². The molecule has 5 heteroatoms. The third-order valence-electron chi connectivity index (χ3n) is 3.70. The molecule has 0 radical (unpaired) electrons. The molecule has 1 fully saturated rings. The predicted octanol–water partition coefficient (Wildman–Crippen LogP) is 2.43. The zero-order chi connectivity index (χ0) is 14.4. The number of benzene rings is 1. The van der Waals surface area contributed by atoms with E-state index in [0.29, 0.717) is 19.1 Å². The first kappa shape index (κ1) is 15.7. The van der Waals surface area contributed by atoms with Gasteiger partial charge in [0.15, 0.2) is 0 Å². The van der Waals surface area contributed by atoms with Crippen LogP contribution in [0.4, 0.5) is 5.69 Å². The van der Waals surface area contributed by atoms with Crippen molar-refractivity contribution in [3.05, 3.63) is 27.8 Å². The van der Waals surface area contributed by atoms with Crippen molar-refractivity contribution in [2.24, 2.45) is 5.73 Å². The number of halogens is 1. The SMILES string of the molecule is NCCC1CCCCN1CC(=O)Nc1cccc(I)c1. The number of hydrogen-bond acceptors (Lipinski definition) is 3. The first-order chi connectivity index (χ1) is 9.69. The van der Waals surface area contributed by atoms with Gasteiger partial charge < -0.3 is 11.1 Å². The van der Waals surface area contributed by atoms with Crippen LogP contribution in [0.25, 0.3) is 0 Å². The fraction of sp³-hybridized carbons (Fsp3) is 0.533. The van der Waals surface area contributed by atoms with E-state index in [1.165, 1.54) is 12.8 Å². The molecule has 4 nitrogen and oxygen atoms in total. The maximum atomic E-state index is 12.2. The van der Waals surface area contributed by atoms with E-state index in [1.54, 1.807) is 0 Å². The topological polar surface area (TPSA) is 58.4 Å². The van der Waals surface area contributed by atoms with Crippen molar-refractivity contribution in [1.82, 2.24) is 4.90 Å². The molecule has 1 aromatic carbocycles. The van der Waals surface area contributed by atoms with E-state index in [-0.39, 0.29) is 5.91 Å². The monoisotopic (exact) mass is 387 g/mol. The highest BCUT2D eigenvalue weighted by Gasteiger charge is 2.23. The van der Waals surface area contributed by atoms with Crippen molar-refractivity contribution < 1.29 is 4.79 Å². The summed E-state index contributed by atoms with van der Waals surface area (Å²) >= 11 is 2.25. The molecule has 1 atom stereocenters. The minimum Gasteiger partial charge on any atom is -0.330 e. The summed E-state index contributed by atoms with van der Waals surface area (Å²) < 4.78 is 1.12. The zero-order valence-corrected chi connectivity index (χ0v) is 13.8. The summed E-state index contributed by atoms with van der Waals surface area (Å²) in [6.45, 7) is 2.17. The van der Waals surface area contributed by atoms with Crippen molar-refractivity contribution in [2.45, 2.75) is 31.7 Å². The molecule has 110 valence electrons. The summed E-state index contributed by atoms with van der Waals surface area (Å²) in [6, 6.07) is 8.34. The Balaban J connectivity index is 1.89. The smallest absolute Gasteiger partial charge is 0.238 e. The predicted molar refractivity (Wildman–Crippen MR) is 90.7 cm³/mol. The Morgan fingerprint density at radius 2 is 2.30 bits per heavy atom. The fourth-order valence-electron chi connectivity index (χ4n) is 2.74. The summed E-state index contributed by atoms with van der Waals surface area (Å²) in [5.41, 5.74) is 6.53. The third-order valence-corrected chi connectivity index (χ3v) is 4.38. The van der Waals surface area contributed by atoms with E-state index in [9.17, 15) is 4.79 Å². The summed E-state index contributed by atoms with van der Waals surface area (Å²) in [6.07, 6.45) is 4.57. The standard InChI is InChI=1S/C15H22IN3O/c16-12-4-3-5-13(10-12)18-15(20)11-19-9-2-1-6-14(19)7-8-17/h3-5,10,14H,1-2,6-9,11,17H2,(H,18,20). The highest BCUT2D eigenvalue weighted by molar-refractivity contribution is 14.1. The Morgan fingerprint density at radius 1 is 1.45 bits per heavy atom. The van der Waals surface area contributed by atoms with Crippen molar-refractivity contribution in [2.75, 3.05) is 25.0 Å². The summed E-state index contributed by atoms with van der Waals surface area (Å²) in [7, 11) is 0. The van der Waals surface area contributed by atoms with Crippen molar-refractivity contribution in [1.29, 1.82) is 0 Å². The van der Waals surface area contributed by atoms with Gasteiger partial charge in [-0.25, -0.2) is 0 Å². The molecule has 1 saturated heterocycles. The van der Waals surface area contributed by atoms with Crippen LogP contribution in [0.2, 0.25) is 0 Å². The van der Waals surface area contributed by atoms with Gasteiger partial charge in [-0.15, -0.1) is 0 Å². The van der Waals surface area contributed by atoms with Crippen LogP contribution < -0.4 is 11.1 Å². The lowest BCUT2D eigenvalue weighted by Gasteiger charge is -2.35. The molecule has 0 bridgehead atoms. The van der Waals surface area contributed by atoms with Gasteiger partial charge in [0, 0.05) is 15.3 Å². The van der Waals surface area contributed by atoms with Crippen molar-refractivity contribution in [3.63, 3.8) is 0 Å². The second-order valence-corrected chi connectivity index (χ2v) is 6.50. The number of anilines is 1. The zero-order valence-electron chi connectivity index (χ0n) is 11.6. The minimum atomic E-state index is 0.0657. The molecule has 0 saturated carbocycles. The van der Waals surface area contributed by atoms with Crippen LogP contribution in [0.1, 0.15) is 25.7 Å². The Labute approximate surface area is 134 Å². The normalized spacial score (nSPS) is 19.8. The van der Waals surface area contributed by atoms with E-state index in [1.807, 2.05) is 24.3 Å². The second-order valence-electron chi connectivity index (χ2n) is 5.26. The number of nitrogens with zero attached hydrogens (tertiary/aromatic N) is 1. The average Bonchev–Trinajstić information content (AvgIpc) is 2.41. The molecule has 2 rings (SSSR count). The van der Waals surface area contributed by atoms with Gasteiger partial charge in [-0.1, -0.05) is 12.5 Å². The molecule has 1 aliphatic heterocycles. The van der Waals surface area contributed by atoms with E-state index >= 15 is 0 Å². The molecule has 0 spiro atoms. The number of rotatable bonds is 5. The first-order valence-corrected chi connectivity index (χ1v) is 8.26. The number of piperidine rings is 1. The van der Waals surface area contributed by atoms with Gasteiger partial charge in [-0.3, -0.25) is 9.69 Å². The molecule has 1 heterocycles. The third kappa shape index (κ3) is 4.71. The van der Waals surface area contributed by atoms with Crippen LogP contribution in [0.5, 0.6) is 0 Å². The van der Waals surface area contributed by atoms with Crippen LogP contribution in [-0.2, 0) is 4.79 Å². The van der Waals surface area contributed by atoms with Gasteiger partial charge in [0.2, 0.25) is 5.91 Å². The van der Waals surface area contributed by atoms with E-state index < -0.39 is 0 Å². The van der Waals surface area contributed by atoms with Gasteiger partial charge in [0.25, 0.3) is 0 Å². The number of nitrogens with one attached hydrogen (secondary N) is 1. The lowest BCUT2D eigenvalue weighted by atomic mass is 9.99. The summed E-state index contributed by atoms with van der Waals surface area (Å²) in [4.78, 5) is 14.4. The maximum Gasteiger partial charge on any atom is 0.238 e. The quantitative estimate of drug-likeness (QED) is 0.764. The van der Waals surface area contributed by atoms with Crippen molar-refractivity contribution >= 4 is 34.2 Å². The van der Waals surface area contributed by atoms with E-state index in [4.69, 9.17) is 5.73 Å². The molecule has 1 unspecified atom stereocenters. The number of nitrogens with two attached hydrogens (primary N) is 1. The van der Waals surface area contributed by atoms with Crippen LogP contribution >= 0.6 is 22.6 Å². The Kier molecular flexibility index (Phi) is 6.25. The molecule has 1 aliphatic rings. The molecule has 0 aromatic heterocycles. The maximum absolute atomic E-state index is 12.2.